The van der Waals surface area contributed by atoms with Gasteiger partial charge in [0.2, 0.25) is 0 Å². The average molecular weight is 711 g/mol. The summed E-state index contributed by atoms with van der Waals surface area (Å²) in [5.74, 6) is 0. The molecule has 10 atom stereocenters. The Bertz CT molecular complexity index is 953. The first kappa shape index (κ1) is 43.2. The fraction of sp³-hybridized carbons (Fsp3) is 0.850. The molecule has 1 aromatic rings. The first-order chi connectivity index (χ1) is 24.5. The smallest absolute Gasteiger partial charge is 0.187 e. The maximum Gasteiger partial charge on any atom is 0.187 e. The second-order valence-electron chi connectivity index (χ2n) is 13.7. The number of aliphatic hydroxyl groups is 1. The number of hydrogen-bond acceptors (Lipinski definition) is 10. The van der Waals surface area contributed by atoms with Gasteiger partial charge in [-0.15, -0.1) is 0 Å². The van der Waals surface area contributed by atoms with E-state index in [1.165, 1.54) is 5.56 Å². The SMILES string of the molecule is CCCCOCC1O[C@@H](O[C@@H]2C(COCCCC)O[C@@H](Cc3ccccc3)[C@@H](OCCCC)C2OCCCC)C(OCCCC)C(OC)[C@H]1O. The maximum absolute atomic E-state index is 11.4. The van der Waals surface area contributed by atoms with Crippen LogP contribution in [0.5, 0.6) is 0 Å². The molecule has 2 aliphatic rings. The Morgan fingerprint density at radius 1 is 0.560 bits per heavy atom. The van der Waals surface area contributed by atoms with Crippen LogP contribution in [0.1, 0.15) is 104 Å². The molecule has 0 amide bonds. The number of rotatable bonds is 27. The number of unbranched alkanes of at least 4 members (excludes halogenated alkanes) is 5. The zero-order valence-electron chi connectivity index (χ0n) is 32.0. The molecule has 10 nitrogen and oxygen atoms in total. The van der Waals surface area contributed by atoms with Gasteiger partial charge in [0.05, 0.1) is 19.3 Å². The Hall–Kier alpha value is -1.18. The molecule has 2 heterocycles. The molecule has 2 fully saturated rings. The van der Waals surface area contributed by atoms with Crippen molar-refractivity contribution in [3.05, 3.63) is 35.9 Å². The lowest BCUT2D eigenvalue weighted by Gasteiger charge is -2.50. The molecule has 10 heteroatoms. The van der Waals surface area contributed by atoms with Crippen LogP contribution < -0.4 is 0 Å². The van der Waals surface area contributed by atoms with Crippen LogP contribution >= 0.6 is 0 Å². The highest BCUT2D eigenvalue weighted by molar-refractivity contribution is 5.17. The van der Waals surface area contributed by atoms with Gasteiger partial charge in [0.1, 0.15) is 48.8 Å². The molecule has 2 saturated heterocycles. The van der Waals surface area contributed by atoms with E-state index in [0.717, 1.165) is 64.2 Å². The van der Waals surface area contributed by atoms with Gasteiger partial charge in [0.15, 0.2) is 6.29 Å². The summed E-state index contributed by atoms with van der Waals surface area (Å²) in [7, 11) is 1.60. The van der Waals surface area contributed by atoms with Gasteiger partial charge in [-0.3, -0.25) is 0 Å². The molecule has 0 saturated carbocycles. The second kappa shape index (κ2) is 25.7. The Labute approximate surface area is 303 Å². The molecule has 3 rings (SSSR count). The molecule has 1 N–H and O–H groups in total. The van der Waals surface area contributed by atoms with Crippen molar-refractivity contribution in [2.45, 2.75) is 166 Å². The fourth-order valence-corrected chi connectivity index (χ4v) is 6.41. The number of benzene rings is 1. The van der Waals surface area contributed by atoms with E-state index in [2.05, 4.69) is 58.9 Å². The highest BCUT2D eigenvalue weighted by atomic mass is 16.7. The van der Waals surface area contributed by atoms with E-state index in [1.54, 1.807) is 7.11 Å². The standard InChI is InChI=1S/C40H70O10/c1-7-12-22-43-28-32-34(41)37(42-6)39(47-26-16-11-5)40(49-32)50-36-33(29-44-23-13-8-2)48-31(27-30-20-18-17-19-21-30)35(45-24-14-9-3)38(36)46-25-15-10-4/h17-21,31-41H,7-16,22-29H2,1-6H3/t31-,32?,33?,34-,35+,36+,37?,38?,39?,40-/m0/s1. The van der Waals surface area contributed by atoms with Crippen molar-refractivity contribution in [2.24, 2.45) is 0 Å². The third-order valence-corrected chi connectivity index (χ3v) is 9.46. The van der Waals surface area contributed by atoms with Crippen molar-refractivity contribution in [3.63, 3.8) is 0 Å². The summed E-state index contributed by atoms with van der Waals surface area (Å²) in [6, 6.07) is 10.4. The normalized spacial score (nSPS) is 30.1. The summed E-state index contributed by atoms with van der Waals surface area (Å²) in [6.45, 7) is 14.1. The highest BCUT2D eigenvalue weighted by Crippen LogP contribution is 2.35. The van der Waals surface area contributed by atoms with Crippen LogP contribution in [0.4, 0.5) is 0 Å². The number of methoxy groups -OCH3 is 1. The van der Waals surface area contributed by atoms with Crippen molar-refractivity contribution in [1.29, 1.82) is 0 Å². The maximum atomic E-state index is 11.4. The van der Waals surface area contributed by atoms with Crippen LogP contribution in [0, 0.1) is 0 Å². The molecule has 2 aliphatic heterocycles. The lowest BCUT2D eigenvalue weighted by Crippen LogP contribution is -2.66. The van der Waals surface area contributed by atoms with Gasteiger partial charge in [-0.25, -0.2) is 0 Å². The summed E-state index contributed by atoms with van der Waals surface area (Å²) in [4.78, 5) is 0. The molecule has 290 valence electrons. The first-order valence-corrected chi connectivity index (χ1v) is 19.7. The van der Waals surface area contributed by atoms with Crippen LogP contribution in [0.3, 0.4) is 0 Å². The topological polar surface area (TPSA) is 103 Å². The predicted octanol–water partition coefficient (Wildman–Crippen LogP) is 6.67. The highest BCUT2D eigenvalue weighted by Gasteiger charge is 2.53. The average Bonchev–Trinajstić information content (AvgIpc) is 3.12. The third-order valence-electron chi connectivity index (χ3n) is 9.46. The molecular formula is C40H70O10. The number of ether oxygens (including phenoxy) is 9. The molecule has 0 spiro atoms. The van der Waals surface area contributed by atoms with E-state index < -0.39 is 55.1 Å². The van der Waals surface area contributed by atoms with E-state index >= 15 is 0 Å². The molecule has 0 aliphatic carbocycles. The largest absolute Gasteiger partial charge is 0.387 e. The van der Waals surface area contributed by atoms with Gasteiger partial charge in [0, 0.05) is 46.6 Å². The van der Waals surface area contributed by atoms with Crippen molar-refractivity contribution in [1.82, 2.24) is 0 Å². The molecular weight excluding hydrogens is 640 g/mol. The van der Waals surface area contributed by atoms with Gasteiger partial charge in [0.25, 0.3) is 0 Å². The predicted molar refractivity (Wildman–Crippen MR) is 195 cm³/mol. The fourth-order valence-electron chi connectivity index (χ4n) is 6.41. The summed E-state index contributed by atoms with van der Waals surface area (Å²) >= 11 is 0. The van der Waals surface area contributed by atoms with Crippen molar-refractivity contribution < 1.29 is 47.7 Å². The van der Waals surface area contributed by atoms with Crippen LogP contribution in [0.15, 0.2) is 30.3 Å². The zero-order valence-corrected chi connectivity index (χ0v) is 32.0. The Kier molecular flexibility index (Phi) is 22.3. The van der Waals surface area contributed by atoms with E-state index in [0.29, 0.717) is 46.1 Å². The summed E-state index contributed by atoms with van der Waals surface area (Å²) in [5.41, 5.74) is 1.17. The Morgan fingerprint density at radius 3 is 1.64 bits per heavy atom. The molecule has 50 heavy (non-hydrogen) atoms. The molecule has 5 unspecified atom stereocenters. The zero-order chi connectivity index (χ0) is 36.0. The Morgan fingerprint density at radius 2 is 1.08 bits per heavy atom. The van der Waals surface area contributed by atoms with E-state index in [4.69, 9.17) is 42.6 Å². The van der Waals surface area contributed by atoms with Crippen LogP contribution in [0.2, 0.25) is 0 Å². The minimum Gasteiger partial charge on any atom is -0.387 e. The molecule has 0 radical (unpaired) electrons. The van der Waals surface area contributed by atoms with E-state index in [9.17, 15) is 5.11 Å². The van der Waals surface area contributed by atoms with Crippen molar-refractivity contribution >= 4 is 0 Å². The van der Waals surface area contributed by atoms with Crippen LogP contribution in [0.25, 0.3) is 0 Å². The molecule has 0 aromatic heterocycles. The van der Waals surface area contributed by atoms with Gasteiger partial charge >= 0.3 is 0 Å². The summed E-state index contributed by atoms with van der Waals surface area (Å²) in [6.07, 6.45) is 4.19. The van der Waals surface area contributed by atoms with Gasteiger partial charge in [-0.2, -0.15) is 0 Å². The summed E-state index contributed by atoms with van der Waals surface area (Å²) < 4.78 is 58.6. The monoisotopic (exact) mass is 710 g/mol. The number of hydrogen-bond donors (Lipinski definition) is 1. The van der Waals surface area contributed by atoms with Crippen molar-refractivity contribution in [3.8, 4) is 0 Å². The minimum absolute atomic E-state index is 0.214. The third kappa shape index (κ3) is 14.0. The van der Waals surface area contributed by atoms with Gasteiger partial charge in [-0.05, 0) is 37.7 Å². The van der Waals surface area contributed by atoms with Crippen LogP contribution in [-0.2, 0) is 49.1 Å². The lowest BCUT2D eigenvalue weighted by molar-refractivity contribution is -0.354. The van der Waals surface area contributed by atoms with E-state index in [1.807, 2.05) is 6.07 Å². The van der Waals surface area contributed by atoms with Gasteiger partial charge < -0.3 is 47.7 Å². The summed E-state index contributed by atoms with van der Waals surface area (Å²) in [5, 5.41) is 11.4. The molecule has 1 aromatic carbocycles. The second-order valence-corrected chi connectivity index (χ2v) is 13.7. The van der Waals surface area contributed by atoms with Crippen LogP contribution in [-0.4, -0.2) is 120 Å². The number of aliphatic hydroxyl groups excluding tert-OH is 1. The lowest BCUT2D eigenvalue weighted by atomic mass is 9.90. The van der Waals surface area contributed by atoms with Crippen molar-refractivity contribution in [2.75, 3.05) is 53.4 Å². The van der Waals surface area contributed by atoms with Gasteiger partial charge in [-0.1, -0.05) is 97.1 Å². The van der Waals surface area contributed by atoms with E-state index in [-0.39, 0.29) is 12.7 Å². The Balaban J connectivity index is 2.01. The quantitative estimate of drug-likeness (QED) is 0.0997. The molecule has 0 bridgehead atoms. The first-order valence-electron chi connectivity index (χ1n) is 19.7. The minimum atomic E-state index is -0.958.